The molecule has 1 aromatic rings. The molecule has 0 aromatic heterocycles. The van der Waals surface area contributed by atoms with Gasteiger partial charge in [0.25, 0.3) is 0 Å². The number of fused-ring (bicyclic) bond motifs is 5. The molecule has 0 radical (unpaired) electrons. The first-order valence-corrected chi connectivity index (χ1v) is 17.0. The highest BCUT2D eigenvalue weighted by atomic mass is 16.6. The van der Waals surface area contributed by atoms with Crippen LogP contribution >= 0.6 is 0 Å². The molecular formula is C37H52O10. The van der Waals surface area contributed by atoms with Gasteiger partial charge >= 0.3 is 11.9 Å². The molecule has 10 atom stereocenters. The molecule has 0 aliphatic heterocycles. The fraction of sp³-hybridized carbons (Fsp3) is 0.703. The zero-order valence-corrected chi connectivity index (χ0v) is 28.3. The largest absolute Gasteiger partial charge is 0.460 e. The summed E-state index contributed by atoms with van der Waals surface area (Å²) in [4.78, 5) is 38.9. The minimum atomic E-state index is -1.54. The van der Waals surface area contributed by atoms with Gasteiger partial charge in [0, 0.05) is 11.3 Å². The third-order valence-electron chi connectivity index (χ3n) is 12.3. The van der Waals surface area contributed by atoms with E-state index in [1.807, 2.05) is 32.0 Å². The summed E-state index contributed by atoms with van der Waals surface area (Å²) in [5.74, 6) is -2.98. The summed E-state index contributed by atoms with van der Waals surface area (Å²) < 4.78 is 10.9. The topological polar surface area (TPSA) is 171 Å². The summed E-state index contributed by atoms with van der Waals surface area (Å²) in [5.41, 5.74) is -4.12. The third-order valence-corrected chi connectivity index (χ3v) is 12.3. The number of rotatable bonds is 10. The van der Waals surface area contributed by atoms with E-state index < -0.39 is 76.1 Å². The lowest BCUT2D eigenvalue weighted by atomic mass is 9.45. The maximum absolute atomic E-state index is 13.7. The van der Waals surface area contributed by atoms with Gasteiger partial charge in [-0.05, 0) is 107 Å². The Bertz CT molecular complexity index is 1380. The number of hydrogen-bond donors (Lipinski definition) is 5. The van der Waals surface area contributed by atoms with Crippen LogP contribution in [0.2, 0.25) is 0 Å². The van der Waals surface area contributed by atoms with E-state index in [0.717, 1.165) is 5.56 Å². The second kappa shape index (κ2) is 12.7. The molecule has 0 bridgehead atoms. The van der Waals surface area contributed by atoms with Crippen molar-refractivity contribution in [3.63, 3.8) is 0 Å². The molecule has 10 nitrogen and oxygen atoms in total. The van der Waals surface area contributed by atoms with Crippen molar-refractivity contribution in [3.8, 4) is 0 Å². The Kier molecular flexibility index (Phi) is 9.62. The van der Waals surface area contributed by atoms with E-state index >= 15 is 0 Å². The van der Waals surface area contributed by atoms with Crippen molar-refractivity contribution >= 4 is 17.7 Å². The monoisotopic (exact) mass is 656 g/mol. The van der Waals surface area contributed by atoms with Crippen LogP contribution in [0, 0.1) is 28.6 Å². The van der Waals surface area contributed by atoms with Crippen LogP contribution in [0.1, 0.15) is 98.0 Å². The van der Waals surface area contributed by atoms with Crippen molar-refractivity contribution < 1.29 is 49.4 Å². The lowest BCUT2D eigenvalue weighted by molar-refractivity contribution is -0.184. The smallest absolute Gasteiger partial charge is 0.317 e. The number of allylic oxidation sites excluding steroid dienone is 1. The van der Waals surface area contributed by atoms with Crippen molar-refractivity contribution in [3.05, 3.63) is 47.5 Å². The van der Waals surface area contributed by atoms with Crippen LogP contribution in [0.4, 0.5) is 0 Å². The first-order chi connectivity index (χ1) is 21.8. The normalized spacial score (nSPS) is 37.0. The number of aliphatic hydroxyl groups is 5. The lowest BCUT2D eigenvalue weighted by Crippen LogP contribution is -2.63. The van der Waals surface area contributed by atoms with Gasteiger partial charge < -0.3 is 35.0 Å². The Morgan fingerprint density at radius 1 is 1.02 bits per heavy atom. The van der Waals surface area contributed by atoms with Gasteiger partial charge in [-0.2, -0.15) is 0 Å². The van der Waals surface area contributed by atoms with E-state index in [0.29, 0.717) is 37.7 Å². The average molecular weight is 657 g/mol. The highest BCUT2D eigenvalue weighted by Gasteiger charge is 2.69. The molecule has 47 heavy (non-hydrogen) atoms. The van der Waals surface area contributed by atoms with Crippen molar-refractivity contribution in [2.75, 3.05) is 0 Å². The van der Waals surface area contributed by atoms with Gasteiger partial charge in [0.15, 0.2) is 5.78 Å². The number of carbonyl (C=O) groups excluding carboxylic acids is 3. The molecule has 260 valence electrons. The predicted molar refractivity (Wildman–Crippen MR) is 171 cm³/mol. The standard InChI is InChI=1S/C37H52O10/c1-33(2,43)14-13-30(40)36(5,44)29-12-16-37(45)24-17-26(38)25-18-27(39)28(20-34(25,3)23(24)11-15-35(29,37)4)47-32(42)19-31(41)46-21-22-9-7-6-8-10-22/h6-10,17,23,25,27-30,39-40,43-45H,11-16,18-21H2,1-5H3/t23-,25-,27+,28-,29-,30+,34+,35+,36+,37+/m0/s1. The van der Waals surface area contributed by atoms with E-state index in [-0.39, 0.29) is 37.6 Å². The highest BCUT2D eigenvalue weighted by Crippen LogP contribution is 2.68. The van der Waals surface area contributed by atoms with Crippen LogP contribution in [0.15, 0.2) is 42.0 Å². The summed E-state index contributed by atoms with van der Waals surface area (Å²) in [7, 11) is 0. The fourth-order valence-electron chi connectivity index (χ4n) is 9.54. The summed E-state index contributed by atoms with van der Waals surface area (Å²) in [6, 6.07) is 9.09. The van der Waals surface area contributed by atoms with Gasteiger partial charge in [-0.15, -0.1) is 0 Å². The van der Waals surface area contributed by atoms with Crippen molar-refractivity contribution in [1.82, 2.24) is 0 Å². The molecule has 5 N–H and O–H groups in total. The van der Waals surface area contributed by atoms with Crippen molar-refractivity contribution in [1.29, 1.82) is 0 Å². The number of ether oxygens (including phenoxy) is 2. The predicted octanol–water partition coefficient (Wildman–Crippen LogP) is 3.54. The number of hydrogen-bond acceptors (Lipinski definition) is 10. The molecule has 0 amide bonds. The van der Waals surface area contributed by atoms with Gasteiger partial charge in [0.1, 0.15) is 19.1 Å². The maximum Gasteiger partial charge on any atom is 0.317 e. The molecule has 4 aliphatic rings. The second-order valence-electron chi connectivity index (χ2n) is 16.0. The molecular weight excluding hydrogens is 604 g/mol. The SMILES string of the molecule is CC(C)(O)CC[C@@H](O)[C@](C)(O)[C@H]1CC[C@@]2(O)C3=CC(=O)[C@@H]4C[C@@H](O)[C@@H](OC(=O)CC(=O)OCc5ccccc5)C[C@]4(C)[C@H]3CC[C@]12C. The van der Waals surface area contributed by atoms with Crippen LogP contribution in [0.3, 0.4) is 0 Å². The Morgan fingerprint density at radius 2 is 1.70 bits per heavy atom. The minimum absolute atomic E-state index is 0.0234. The summed E-state index contributed by atoms with van der Waals surface area (Å²) in [6.45, 7) is 8.83. The molecule has 10 heteroatoms. The van der Waals surface area contributed by atoms with E-state index in [1.54, 1.807) is 39.0 Å². The van der Waals surface area contributed by atoms with Crippen molar-refractivity contribution in [2.45, 2.75) is 134 Å². The van der Waals surface area contributed by atoms with Gasteiger partial charge in [-0.3, -0.25) is 14.4 Å². The molecule has 0 unspecified atom stereocenters. The Morgan fingerprint density at radius 3 is 2.36 bits per heavy atom. The van der Waals surface area contributed by atoms with Crippen LogP contribution in [-0.4, -0.2) is 78.4 Å². The zero-order chi connectivity index (χ0) is 34.6. The number of carbonyl (C=O) groups is 3. The quantitative estimate of drug-likeness (QED) is 0.185. The molecule has 0 heterocycles. The van der Waals surface area contributed by atoms with E-state index in [2.05, 4.69) is 0 Å². The lowest BCUT2D eigenvalue weighted by Gasteiger charge is -2.60. The molecule has 3 saturated carbocycles. The Balaban J connectivity index is 1.31. The van der Waals surface area contributed by atoms with Crippen LogP contribution in [0.25, 0.3) is 0 Å². The molecule has 4 aliphatic carbocycles. The van der Waals surface area contributed by atoms with Gasteiger partial charge in [-0.25, -0.2) is 0 Å². The molecule has 0 spiro atoms. The van der Waals surface area contributed by atoms with Crippen LogP contribution < -0.4 is 0 Å². The third kappa shape index (κ3) is 6.56. The average Bonchev–Trinajstić information content (AvgIpc) is 3.28. The highest BCUT2D eigenvalue weighted by molar-refractivity contribution is 5.95. The molecule has 5 rings (SSSR count). The van der Waals surface area contributed by atoms with Crippen molar-refractivity contribution in [2.24, 2.45) is 28.6 Å². The summed E-state index contributed by atoms with van der Waals surface area (Å²) in [6.07, 6.45) is 0.433. The Labute approximate surface area is 277 Å². The Hall–Kier alpha value is -2.63. The minimum Gasteiger partial charge on any atom is -0.460 e. The number of aliphatic hydroxyl groups excluding tert-OH is 2. The fourth-order valence-corrected chi connectivity index (χ4v) is 9.54. The molecule has 0 saturated heterocycles. The molecule has 3 fully saturated rings. The number of ketones is 1. The van der Waals surface area contributed by atoms with E-state index in [9.17, 15) is 39.9 Å². The van der Waals surface area contributed by atoms with Gasteiger partial charge in [0.05, 0.1) is 29.0 Å². The van der Waals surface area contributed by atoms with Crippen LogP contribution in [0.5, 0.6) is 0 Å². The van der Waals surface area contributed by atoms with E-state index in [4.69, 9.17) is 9.47 Å². The number of benzene rings is 1. The number of esters is 2. The zero-order valence-electron chi connectivity index (χ0n) is 28.3. The van der Waals surface area contributed by atoms with E-state index in [1.165, 1.54) is 0 Å². The first kappa shape index (κ1) is 35.7. The van der Waals surface area contributed by atoms with Gasteiger partial charge in [0.2, 0.25) is 0 Å². The second-order valence-corrected chi connectivity index (χ2v) is 16.0. The van der Waals surface area contributed by atoms with Crippen LogP contribution in [-0.2, 0) is 30.5 Å². The molecule has 1 aromatic carbocycles. The first-order valence-electron chi connectivity index (χ1n) is 17.0. The maximum atomic E-state index is 13.7. The summed E-state index contributed by atoms with van der Waals surface area (Å²) in [5, 5.41) is 56.6. The van der Waals surface area contributed by atoms with Gasteiger partial charge in [-0.1, -0.05) is 44.2 Å². The summed E-state index contributed by atoms with van der Waals surface area (Å²) >= 11 is 0.